The van der Waals surface area contributed by atoms with E-state index in [2.05, 4.69) is 68.2 Å². The van der Waals surface area contributed by atoms with Gasteiger partial charge in [-0.05, 0) is 95.9 Å². The number of benzene rings is 3. The van der Waals surface area contributed by atoms with Crippen molar-refractivity contribution in [2.45, 2.75) is 102 Å². The number of halogens is 1. The van der Waals surface area contributed by atoms with Crippen LogP contribution in [-0.4, -0.2) is 175 Å². The van der Waals surface area contributed by atoms with E-state index < -0.39 is 7.05 Å². The number of carbonyl (C=O) groups excluding carboxylic acids is 1. The molecule has 9 rings (SSSR count). The number of hydrogen-bond acceptors (Lipinski definition) is 15. The van der Waals surface area contributed by atoms with E-state index in [0.717, 1.165) is 146 Å². The van der Waals surface area contributed by atoms with Gasteiger partial charge in [0.15, 0.2) is 0 Å². The van der Waals surface area contributed by atoms with E-state index in [1.807, 2.05) is 60.7 Å². The number of carbonyl (C=O) groups is 1. The third-order valence-electron chi connectivity index (χ3n) is 13.8. The molecule has 6 heterocycles. The molecule has 0 aromatic heterocycles. The maximum Gasteiger partial charge on any atom is 1.00 e. The minimum absolute atomic E-state index is 0. The van der Waals surface area contributed by atoms with Crippen molar-refractivity contribution in [1.29, 1.82) is 10.5 Å². The topological polar surface area (TPSA) is 244 Å². The number of Topliss-reactive ketones (excluding diaryl/α,β-unsaturated/α-hetero) is 1. The first-order chi connectivity index (χ1) is 34.5. The molecule has 10 N–H and O–H groups in total. The van der Waals surface area contributed by atoms with Crippen LogP contribution in [0.3, 0.4) is 0 Å². The molecule has 18 nitrogen and oxygen atoms in total. The summed E-state index contributed by atoms with van der Waals surface area (Å²) in [5.41, 5.74) is 11.3. The molecule has 0 amide bonds. The Hall–Kier alpha value is -2.78. The average Bonchev–Trinajstić information content (AvgIpc) is 4.22. The minimum Gasteiger partial charge on any atom is -0.512 e. The molecule has 3 aromatic carbocycles. The van der Waals surface area contributed by atoms with Crippen LogP contribution in [0.25, 0.3) is 9.69 Å². The molecule has 0 spiro atoms. The van der Waals surface area contributed by atoms with Crippen molar-refractivity contribution in [2.75, 3.05) is 100 Å². The molecule has 0 saturated carbocycles. The SMILES string of the molecule is CB(O)NC1CCNC1.CO.Cl.N#Cc1ccccc1N1CCC(N2CCC(N)C2)CC1.O.[Ac].[B].[C-]#N.[C-]#[N+]c1ccccc1N1CCC(=O)CC1.[C-]#[N+]c1ccccc1N1CCC(N2CCC(NB(C)O)C2)CC1.[Na+]. The summed E-state index contributed by atoms with van der Waals surface area (Å²) in [6.45, 7) is 34.7. The summed E-state index contributed by atoms with van der Waals surface area (Å²) in [7, 11) is 0.210. The van der Waals surface area contributed by atoms with Crippen molar-refractivity contribution in [1.82, 2.24) is 25.6 Å². The first-order valence-electron chi connectivity index (χ1n) is 25.2. The Bertz CT molecular complexity index is 2200. The molecule has 6 fully saturated rings. The molecule has 3 aromatic rings. The van der Waals surface area contributed by atoms with Crippen LogP contribution in [0, 0.1) is 80.4 Å². The second kappa shape index (κ2) is 42.2. The van der Waals surface area contributed by atoms with Crippen molar-refractivity contribution < 1.29 is 99.0 Å². The monoisotopic (exact) mass is 1280 g/mol. The summed E-state index contributed by atoms with van der Waals surface area (Å²) in [6, 6.07) is 28.3. The predicted molar refractivity (Wildman–Crippen MR) is 303 cm³/mol. The zero-order valence-corrected chi connectivity index (χ0v) is 52.8. The number of anilines is 3. The van der Waals surface area contributed by atoms with Gasteiger partial charge in [0.2, 0.25) is 11.4 Å². The second-order valence-electron chi connectivity index (χ2n) is 18.7. The van der Waals surface area contributed by atoms with Gasteiger partial charge < -0.3 is 68.7 Å². The number of rotatable bonds is 9. The molecule has 6 aliphatic heterocycles. The van der Waals surface area contributed by atoms with Crippen molar-refractivity contribution in [2.24, 2.45) is 5.73 Å². The number of aliphatic hydroxyl groups is 1. The van der Waals surface area contributed by atoms with Gasteiger partial charge in [-0.15, -0.1) is 12.4 Å². The number of nitrogens with zero attached hydrogens (tertiary/aromatic N) is 9. The second-order valence-corrected chi connectivity index (χ2v) is 18.7. The molecule has 4 radical (unpaired) electrons. The van der Waals surface area contributed by atoms with Crippen LogP contribution >= 0.6 is 12.4 Å². The number of aliphatic hydroxyl groups excluding tert-OH is 1. The van der Waals surface area contributed by atoms with Gasteiger partial charge in [0.25, 0.3) is 0 Å². The van der Waals surface area contributed by atoms with E-state index in [-0.39, 0.29) is 107 Å². The molecule has 3 unspecified atom stereocenters. The zero-order chi connectivity index (χ0) is 51.5. The Morgan fingerprint density at radius 1 is 0.671 bits per heavy atom. The Morgan fingerprint density at radius 3 is 1.53 bits per heavy atom. The smallest absolute Gasteiger partial charge is 0.512 e. The third-order valence-corrected chi connectivity index (χ3v) is 13.8. The molecule has 0 aliphatic carbocycles. The quantitative estimate of drug-likeness (QED) is 0.116. The third kappa shape index (κ3) is 24.7. The van der Waals surface area contributed by atoms with Gasteiger partial charge in [0, 0.05) is 179 Å². The normalized spacial score (nSPS) is 19.9. The van der Waals surface area contributed by atoms with Crippen LogP contribution in [0.2, 0.25) is 13.6 Å². The molecule has 6 aliphatic rings. The molecular formula is C52H79AcB3ClN13NaO5. The first kappa shape index (κ1) is 75.3. The maximum absolute atomic E-state index is 11.1. The van der Waals surface area contributed by atoms with Crippen LogP contribution in [-0.2, 0) is 4.79 Å². The van der Waals surface area contributed by atoms with Crippen LogP contribution < -0.4 is 65.8 Å². The number of nitrogens with one attached hydrogen (secondary N) is 3. The number of piperidine rings is 3. The standard InChI is InChI=1S/C17H25BN4O.C16H22N4.C12H12N2O.C5H13BN2O.CN.CH4O.Ac.B.ClH.Na.H2O/c1-18(23)20-14-7-10-22(13-14)15-8-11-21(12-9-15)17-6-4-3-5-16(17)19-2;17-11-13-3-1-2-4-16(13)19-9-6-15(7-10-19)20-8-5-14(18)12-20;1-13-11-4-2-3-5-12(11)14-8-6-10(15)7-9-14;1-6(9)8-5-2-3-7-4-5;2*1-2;;;;;/h3-6,14-15,20,23H,7-13H2,1H3;1-4,14-15H,5-10,12,18H2;2-5H,6-9H2;5,7-9H,2-4H2,1H3;;2H,1H3;;;1H;;1H2/q;;;;-1;;;;;+1;. The summed E-state index contributed by atoms with van der Waals surface area (Å²) in [4.78, 5) is 30.2. The average molecular weight is 1280 g/mol. The Kier molecular flexibility index (Phi) is 41.8. The molecule has 3 atom stereocenters. The van der Waals surface area contributed by atoms with Crippen LogP contribution in [0.4, 0.5) is 28.4 Å². The van der Waals surface area contributed by atoms with Gasteiger partial charge in [-0.1, -0.05) is 48.5 Å². The summed E-state index contributed by atoms with van der Waals surface area (Å²) >= 11 is 0. The fourth-order valence-electron chi connectivity index (χ4n) is 10.3. The largest absolute Gasteiger partial charge is 1.00 e. The molecule has 24 heteroatoms. The van der Waals surface area contributed by atoms with Crippen molar-refractivity contribution in [3.05, 3.63) is 108 Å². The van der Waals surface area contributed by atoms with Crippen LogP contribution in [0.1, 0.15) is 63.4 Å². The molecule has 76 heavy (non-hydrogen) atoms. The minimum atomic E-state index is -0.424. The fraction of sp³-hybridized carbons (Fsp3) is 0.558. The van der Waals surface area contributed by atoms with Gasteiger partial charge in [0.1, 0.15) is 11.9 Å². The van der Waals surface area contributed by atoms with E-state index in [0.29, 0.717) is 54.5 Å². The van der Waals surface area contributed by atoms with E-state index in [1.165, 1.54) is 12.8 Å². The number of nitriles is 1. The van der Waals surface area contributed by atoms with Crippen LogP contribution in [0.5, 0.6) is 0 Å². The number of para-hydroxylation sites is 5. The van der Waals surface area contributed by atoms with Crippen molar-refractivity contribution in [3.8, 4) is 6.07 Å². The van der Waals surface area contributed by atoms with Gasteiger partial charge in [-0.2, -0.15) is 5.26 Å². The molecule has 6 saturated heterocycles. The number of ketones is 1. The van der Waals surface area contributed by atoms with Gasteiger partial charge in [-0.3, -0.25) is 14.6 Å². The summed E-state index contributed by atoms with van der Waals surface area (Å²) in [5.74, 6) is 0.326. The van der Waals surface area contributed by atoms with Gasteiger partial charge in [0.05, 0.1) is 24.4 Å². The van der Waals surface area contributed by atoms with Crippen molar-refractivity contribution in [3.63, 3.8) is 0 Å². The van der Waals surface area contributed by atoms with Gasteiger partial charge in [-0.25, -0.2) is 9.69 Å². The summed E-state index contributed by atoms with van der Waals surface area (Å²) in [6.07, 6.45) is 9.23. The summed E-state index contributed by atoms with van der Waals surface area (Å²) in [5, 5.41) is 50.3. The van der Waals surface area contributed by atoms with Crippen LogP contribution in [0.15, 0.2) is 72.8 Å². The van der Waals surface area contributed by atoms with E-state index >= 15 is 0 Å². The molecule has 0 bridgehead atoms. The Balaban J connectivity index is 0. The number of hydrogen-bond donors (Lipinski definition) is 7. The summed E-state index contributed by atoms with van der Waals surface area (Å²) < 4.78 is 0. The first-order valence-corrected chi connectivity index (χ1v) is 25.2. The molecular weight excluding hydrogens is 1200 g/mol. The fourth-order valence-corrected chi connectivity index (χ4v) is 10.3. The van der Waals surface area contributed by atoms with Gasteiger partial charge >= 0.3 is 43.7 Å². The van der Waals surface area contributed by atoms with E-state index in [4.69, 9.17) is 40.8 Å². The Morgan fingerprint density at radius 2 is 1.09 bits per heavy atom. The predicted octanol–water partition coefficient (Wildman–Crippen LogP) is 0.921. The number of nitrogens with two attached hydrogens (primary N) is 1. The maximum atomic E-state index is 11.1. The Labute approximate surface area is 520 Å². The number of likely N-dealkylation sites (tertiary alicyclic amines) is 2. The van der Waals surface area contributed by atoms with E-state index in [9.17, 15) is 15.1 Å². The van der Waals surface area contributed by atoms with Crippen molar-refractivity contribution >= 4 is 69.1 Å². The molecule has 402 valence electrons. The zero-order valence-electron chi connectivity index (χ0n) is 45.2. The van der Waals surface area contributed by atoms with E-state index in [1.54, 1.807) is 13.6 Å².